The largest absolute Gasteiger partial charge is 0.480 e. The summed E-state index contributed by atoms with van der Waals surface area (Å²) >= 11 is 0. The van der Waals surface area contributed by atoms with E-state index in [0.717, 1.165) is 0 Å². The van der Waals surface area contributed by atoms with Crippen LogP contribution in [0.25, 0.3) is 0 Å². The van der Waals surface area contributed by atoms with Crippen molar-refractivity contribution < 1.29 is 14.8 Å². The molecule has 0 saturated heterocycles. The van der Waals surface area contributed by atoms with Gasteiger partial charge >= 0.3 is 11.7 Å². The maximum Gasteiger partial charge on any atom is 0.333 e. The molecular weight excluding hydrogens is 252 g/mol. The number of nitro groups is 1. The number of aliphatic carboxylic acids is 1. The Balaban J connectivity index is 3.38. The van der Waals surface area contributed by atoms with Gasteiger partial charge in [-0.1, -0.05) is 5.92 Å². The molecule has 0 aliphatic carbocycles. The van der Waals surface area contributed by atoms with E-state index >= 15 is 0 Å². The molecule has 0 saturated carbocycles. The second kappa shape index (κ2) is 5.86. The van der Waals surface area contributed by atoms with Crippen molar-refractivity contribution in [1.82, 2.24) is 9.78 Å². The van der Waals surface area contributed by atoms with Gasteiger partial charge in [0, 0.05) is 6.54 Å². The fourth-order valence-corrected chi connectivity index (χ4v) is 1.79. The fraction of sp³-hybridized carbons (Fsp3) is 0.455. The van der Waals surface area contributed by atoms with Gasteiger partial charge in [-0.3, -0.25) is 14.9 Å². The molecule has 0 aliphatic rings. The van der Waals surface area contributed by atoms with E-state index in [4.69, 9.17) is 11.5 Å². The summed E-state index contributed by atoms with van der Waals surface area (Å²) in [7, 11) is 0. The van der Waals surface area contributed by atoms with Crippen molar-refractivity contribution in [2.24, 2.45) is 0 Å². The quantitative estimate of drug-likeness (QED) is 0.460. The van der Waals surface area contributed by atoms with Crippen molar-refractivity contribution in [2.45, 2.75) is 20.4 Å². The number of aryl methyl sites for hydroxylation is 2. The Labute approximate surface area is 109 Å². The van der Waals surface area contributed by atoms with Crippen LogP contribution in [0.4, 0.5) is 11.5 Å². The van der Waals surface area contributed by atoms with Crippen LogP contribution in [0.3, 0.4) is 0 Å². The number of carbonyl (C=O) groups is 1. The molecule has 0 fully saturated rings. The summed E-state index contributed by atoms with van der Waals surface area (Å²) in [6, 6.07) is 0. The maximum atomic E-state index is 11.1. The van der Waals surface area contributed by atoms with Crippen LogP contribution in [-0.2, 0) is 11.3 Å². The van der Waals surface area contributed by atoms with Gasteiger partial charge in [0.2, 0.25) is 5.82 Å². The first kappa shape index (κ1) is 14.5. The Morgan fingerprint density at radius 3 is 2.74 bits per heavy atom. The minimum absolute atomic E-state index is 0.0434. The molecular formula is C11H14N4O4. The zero-order valence-corrected chi connectivity index (χ0v) is 10.7. The number of hydrogen-bond acceptors (Lipinski definition) is 5. The second-order valence-corrected chi connectivity index (χ2v) is 3.78. The van der Waals surface area contributed by atoms with Crippen LogP contribution in [0, 0.1) is 29.4 Å². The van der Waals surface area contributed by atoms with Crippen molar-refractivity contribution in [3.8, 4) is 12.3 Å². The van der Waals surface area contributed by atoms with Crippen LogP contribution in [0.15, 0.2) is 0 Å². The van der Waals surface area contributed by atoms with Crippen molar-refractivity contribution in [2.75, 3.05) is 18.0 Å². The van der Waals surface area contributed by atoms with Gasteiger partial charge < -0.3 is 10.0 Å². The van der Waals surface area contributed by atoms with E-state index in [2.05, 4.69) is 11.0 Å². The Bertz CT molecular complexity index is 544. The van der Waals surface area contributed by atoms with Crippen LogP contribution in [0.5, 0.6) is 0 Å². The summed E-state index contributed by atoms with van der Waals surface area (Å²) in [5.74, 6) is 1.31. The van der Waals surface area contributed by atoms with E-state index in [1.807, 2.05) is 0 Å². The number of carboxylic acids is 1. The highest BCUT2D eigenvalue weighted by Crippen LogP contribution is 2.31. The van der Waals surface area contributed by atoms with Crippen molar-refractivity contribution in [3.05, 3.63) is 15.8 Å². The highest BCUT2D eigenvalue weighted by Gasteiger charge is 2.29. The topological polar surface area (TPSA) is 102 Å². The lowest BCUT2D eigenvalue weighted by atomic mass is 10.3. The van der Waals surface area contributed by atoms with Gasteiger partial charge in [-0.05, 0) is 13.8 Å². The van der Waals surface area contributed by atoms with Gasteiger partial charge in [0.15, 0.2) is 0 Å². The summed E-state index contributed by atoms with van der Waals surface area (Å²) in [6.45, 7) is 3.18. The fourth-order valence-electron chi connectivity index (χ4n) is 1.79. The van der Waals surface area contributed by atoms with E-state index in [1.54, 1.807) is 6.92 Å². The third-order valence-electron chi connectivity index (χ3n) is 2.46. The molecule has 1 heterocycles. The molecule has 1 aromatic heterocycles. The first-order chi connectivity index (χ1) is 8.92. The average molecular weight is 266 g/mol. The lowest BCUT2D eigenvalue weighted by Gasteiger charge is -2.19. The summed E-state index contributed by atoms with van der Waals surface area (Å²) < 4.78 is 1.38. The van der Waals surface area contributed by atoms with Gasteiger partial charge in [0.1, 0.15) is 12.2 Å². The predicted octanol–water partition coefficient (Wildman–Crippen LogP) is 0.644. The van der Waals surface area contributed by atoms with Crippen molar-refractivity contribution in [1.29, 1.82) is 0 Å². The third-order valence-corrected chi connectivity index (χ3v) is 2.46. The summed E-state index contributed by atoms with van der Waals surface area (Å²) in [4.78, 5) is 22.6. The maximum absolute atomic E-state index is 11.1. The Morgan fingerprint density at radius 1 is 1.68 bits per heavy atom. The molecule has 0 unspecified atom stereocenters. The predicted molar refractivity (Wildman–Crippen MR) is 68.0 cm³/mol. The molecule has 0 bridgehead atoms. The van der Waals surface area contributed by atoms with Crippen molar-refractivity contribution >= 4 is 17.5 Å². The zero-order valence-electron chi connectivity index (χ0n) is 10.7. The molecule has 102 valence electrons. The van der Waals surface area contributed by atoms with Crippen LogP contribution >= 0.6 is 0 Å². The minimum atomic E-state index is -1.12. The van der Waals surface area contributed by atoms with E-state index < -0.39 is 17.4 Å². The molecule has 0 amide bonds. The van der Waals surface area contributed by atoms with Crippen LogP contribution in [0.1, 0.15) is 12.6 Å². The number of hydrogen-bond donors (Lipinski definition) is 1. The van der Waals surface area contributed by atoms with Crippen LogP contribution in [-0.4, -0.2) is 38.9 Å². The molecule has 8 nitrogen and oxygen atoms in total. The summed E-state index contributed by atoms with van der Waals surface area (Å²) in [5.41, 5.74) is 0.0209. The van der Waals surface area contributed by atoms with Crippen LogP contribution < -0.4 is 4.90 Å². The third kappa shape index (κ3) is 3.01. The number of carboxylic acid groups (broad SMARTS) is 1. The molecule has 0 spiro atoms. The first-order valence-corrected chi connectivity index (χ1v) is 5.54. The van der Waals surface area contributed by atoms with E-state index in [0.29, 0.717) is 6.54 Å². The van der Waals surface area contributed by atoms with Gasteiger partial charge in [0.05, 0.1) is 11.5 Å². The number of terminal acetylenes is 1. The Hall–Kier alpha value is -2.56. The lowest BCUT2D eigenvalue weighted by Crippen LogP contribution is -2.32. The highest BCUT2D eigenvalue weighted by atomic mass is 16.6. The number of aromatic nitrogens is 2. The lowest BCUT2D eigenvalue weighted by molar-refractivity contribution is -0.384. The monoisotopic (exact) mass is 266 g/mol. The van der Waals surface area contributed by atoms with Gasteiger partial charge in [0.25, 0.3) is 0 Å². The molecule has 0 aliphatic heterocycles. The number of rotatable bonds is 6. The molecule has 0 atom stereocenters. The summed E-state index contributed by atoms with van der Waals surface area (Å²) in [5, 5.41) is 24.0. The zero-order chi connectivity index (χ0) is 14.6. The van der Waals surface area contributed by atoms with Crippen LogP contribution in [0.2, 0.25) is 0 Å². The molecule has 8 heteroatoms. The standard InChI is InChI=1S/C11H14N4O4/c1-4-6-13(7-9(16)17)11-10(15(18)19)8(3)12-14(11)5-2/h1H,5-7H2,2-3H3,(H,16,17). The molecule has 0 aromatic carbocycles. The SMILES string of the molecule is C#CCN(CC(=O)O)c1c([N+](=O)[O-])c(C)nn1CC. The van der Waals surface area contributed by atoms with Gasteiger partial charge in [-0.25, -0.2) is 4.68 Å². The Morgan fingerprint density at radius 2 is 2.32 bits per heavy atom. The summed E-state index contributed by atoms with van der Waals surface area (Å²) in [6.07, 6.45) is 5.18. The highest BCUT2D eigenvalue weighted by molar-refractivity contribution is 5.75. The molecule has 1 N–H and O–H groups in total. The smallest absolute Gasteiger partial charge is 0.333 e. The molecule has 19 heavy (non-hydrogen) atoms. The molecule has 0 radical (unpaired) electrons. The van der Waals surface area contributed by atoms with E-state index in [9.17, 15) is 14.9 Å². The second-order valence-electron chi connectivity index (χ2n) is 3.78. The van der Waals surface area contributed by atoms with Crippen molar-refractivity contribution in [3.63, 3.8) is 0 Å². The molecule has 1 aromatic rings. The minimum Gasteiger partial charge on any atom is -0.480 e. The van der Waals surface area contributed by atoms with E-state index in [1.165, 1.54) is 16.5 Å². The number of nitrogens with zero attached hydrogens (tertiary/aromatic N) is 4. The normalized spacial score (nSPS) is 9.95. The average Bonchev–Trinajstić information content (AvgIpc) is 2.64. The van der Waals surface area contributed by atoms with Gasteiger partial charge in [-0.15, -0.1) is 6.42 Å². The number of anilines is 1. The molecule has 1 rings (SSSR count). The first-order valence-electron chi connectivity index (χ1n) is 5.54. The Kier molecular flexibility index (Phi) is 4.47. The van der Waals surface area contributed by atoms with Gasteiger partial charge in [-0.2, -0.15) is 5.10 Å². The van der Waals surface area contributed by atoms with E-state index in [-0.39, 0.29) is 23.7 Å².